The monoisotopic (exact) mass is 276 g/mol. The Morgan fingerprint density at radius 1 is 1.30 bits per heavy atom. The van der Waals surface area contributed by atoms with Gasteiger partial charge in [0, 0.05) is 5.41 Å². The summed E-state index contributed by atoms with van der Waals surface area (Å²) in [6.45, 7) is 9.66. The molecule has 0 spiro atoms. The Bertz CT molecular complexity index is 507. The Morgan fingerprint density at radius 2 is 1.95 bits per heavy atom. The minimum Gasteiger partial charge on any atom is -0.294 e. The van der Waals surface area contributed by atoms with Crippen LogP contribution in [0, 0.1) is 18.2 Å². The summed E-state index contributed by atoms with van der Waals surface area (Å²) in [6.07, 6.45) is 4.74. The van der Waals surface area contributed by atoms with E-state index < -0.39 is 0 Å². The van der Waals surface area contributed by atoms with E-state index in [4.69, 9.17) is 0 Å². The molecule has 0 aliphatic heterocycles. The second kappa shape index (κ2) is 6.83. The van der Waals surface area contributed by atoms with Crippen LogP contribution in [0.1, 0.15) is 58.1 Å². The number of carbonyl (C=O) groups is 1. The van der Waals surface area contributed by atoms with Crippen molar-refractivity contribution in [1.29, 1.82) is 0 Å². The molecular weight excluding hydrogens is 251 g/mol. The van der Waals surface area contributed by atoms with Crippen molar-refractivity contribution in [3.63, 3.8) is 0 Å². The first-order chi connectivity index (χ1) is 9.25. The fourth-order valence-electron chi connectivity index (χ4n) is 2.06. The maximum Gasteiger partial charge on any atom is 0.164 e. The number of halogens is 1. The third-order valence-electron chi connectivity index (χ3n) is 3.30. The van der Waals surface area contributed by atoms with Gasteiger partial charge in [0.1, 0.15) is 5.82 Å². The van der Waals surface area contributed by atoms with Gasteiger partial charge in [0.25, 0.3) is 0 Å². The molecule has 1 nitrogen and oxygen atoms in total. The summed E-state index contributed by atoms with van der Waals surface area (Å²) in [4.78, 5) is 12.5. The molecule has 0 aromatic heterocycles. The van der Waals surface area contributed by atoms with E-state index in [-0.39, 0.29) is 17.0 Å². The van der Waals surface area contributed by atoms with Crippen molar-refractivity contribution in [3.05, 3.63) is 40.7 Å². The molecule has 0 fully saturated rings. The van der Waals surface area contributed by atoms with Crippen LogP contribution in [-0.2, 0) is 4.79 Å². The van der Waals surface area contributed by atoms with Crippen molar-refractivity contribution >= 4 is 11.9 Å². The van der Waals surface area contributed by atoms with Crippen LogP contribution in [0.2, 0.25) is 0 Å². The molecule has 0 aliphatic carbocycles. The molecular formula is C18H25FO. The Morgan fingerprint density at radius 3 is 2.45 bits per heavy atom. The van der Waals surface area contributed by atoms with E-state index in [2.05, 4.69) is 6.92 Å². The number of rotatable bonds is 5. The molecule has 0 saturated heterocycles. The van der Waals surface area contributed by atoms with Gasteiger partial charge in [-0.05, 0) is 54.7 Å². The number of ketones is 1. The maximum atomic E-state index is 13.3. The zero-order chi connectivity index (χ0) is 15.3. The van der Waals surface area contributed by atoms with Gasteiger partial charge in [-0.15, -0.1) is 0 Å². The standard InChI is InChI=1S/C18H25FO/c1-6-7-8-15(17(20)18(3,4)5)12-14-9-10-16(19)13(2)11-14/h9-12H,6-8H2,1-5H3. The predicted octanol–water partition coefficient (Wildman–Crippen LogP) is 5.32. The number of allylic oxidation sites excluding steroid dienone is 1. The summed E-state index contributed by atoms with van der Waals surface area (Å²) in [5, 5.41) is 0. The minimum absolute atomic E-state index is 0.174. The molecule has 0 bridgehead atoms. The molecule has 0 radical (unpaired) electrons. The Labute approximate surface area is 121 Å². The van der Waals surface area contributed by atoms with Gasteiger partial charge in [-0.1, -0.05) is 40.2 Å². The van der Waals surface area contributed by atoms with Crippen LogP contribution < -0.4 is 0 Å². The highest BCUT2D eigenvalue weighted by atomic mass is 19.1. The predicted molar refractivity (Wildman–Crippen MR) is 83.1 cm³/mol. The molecule has 0 saturated carbocycles. The first-order valence-electron chi connectivity index (χ1n) is 7.27. The third-order valence-corrected chi connectivity index (χ3v) is 3.30. The lowest BCUT2D eigenvalue weighted by molar-refractivity contribution is -0.122. The fraction of sp³-hybridized carbons (Fsp3) is 0.500. The summed E-state index contributed by atoms with van der Waals surface area (Å²) >= 11 is 0. The first kappa shape index (κ1) is 16.6. The number of Topliss-reactive ketones (excluding diaryl/α,β-unsaturated/α-hetero) is 1. The van der Waals surface area contributed by atoms with Crippen LogP contribution in [0.4, 0.5) is 4.39 Å². The van der Waals surface area contributed by atoms with Crippen molar-refractivity contribution in [1.82, 2.24) is 0 Å². The smallest absolute Gasteiger partial charge is 0.164 e. The summed E-state index contributed by atoms with van der Waals surface area (Å²) in [6, 6.07) is 4.97. The van der Waals surface area contributed by atoms with Crippen molar-refractivity contribution < 1.29 is 9.18 Å². The lowest BCUT2D eigenvalue weighted by Gasteiger charge is -2.19. The van der Waals surface area contributed by atoms with Crippen LogP contribution in [0.15, 0.2) is 23.8 Å². The average Bonchev–Trinajstić information content (AvgIpc) is 2.36. The lowest BCUT2D eigenvalue weighted by Crippen LogP contribution is -2.22. The fourth-order valence-corrected chi connectivity index (χ4v) is 2.06. The summed E-state index contributed by atoms with van der Waals surface area (Å²) in [5.41, 5.74) is 1.96. The molecule has 1 rings (SSSR count). The summed E-state index contributed by atoms with van der Waals surface area (Å²) in [7, 11) is 0. The third kappa shape index (κ3) is 4.59. The van der Waals surface area contributed by atoms with E-state index >= 15 is 0 Å². The Hall–Kier alpha value is -1.44. The first-order valence-corrected chi connectivity index (χ1v) is 7.27. The molecule has 110 valence electrons. The van der Waals surface area contributed by atoms with E-state index in [0.29, 0.717) is 5.56 Å². The van der Waals surface area contributed by atoms with Gasteiger partial charge >= 0.3 is 0 Å². The normalized spacial score (nSPS) is 12.6. The van der Waals surface area contributed by atoms with Crippen LogP contribution in [0.5, 0.6) is 0 Å². The highest BCUT2D eigenvalue weighted by Gasteiger charge is 2.24. The minimum atomic E-state index is -0.380. The maximum absolute atomic E-state index is 13.3. The molecule has 1 aromatic rings. The molecule has 0 atom stereocenters. The second-order valence-electron chi connectivity index (χ2n) is 6.36. The SMILES string of the molecule is CCCCC(=Cc1ccc(F)c(C)c1)C(=O)C(C)(C)C. The van der Waals surface area contributed by atoms with Crippen molar-refractivity contribution in [2.75, 3.05) is 0 Å². The van der Waals surface area contributed by atoms with Crippen molar-refractivity contribution in [2.45, 2.75) is 53.9 Å². The number of unbranched alkanes of at least 4 members (excludes halogenated alkanes) is 1. The number of hydrogen-bond acceptors (Lipinski definition) is 1. The molecule has 0 amide bonds. The van der Waals surface area contributed by atoms with Crippen molar-refractivity contribution in [3.8, 4) is 0 Å². The van der Waals surface area contributed by atoms with E-state index in [9.17, 15) is 9.18 Å². The number of hydrogen-bond donors (Lipinski definition) is 0. The van der Waals surface area contributed by atoms with Gasteiger partial charge in [0.05, 0.1) is 0 Å². The van der Waals surface area contributed by atoms with Gasteiger partial charge in [0.15, 0.2) is 5.78 Å². The summed E-state index contributed by atoms with van der Waals surface area (Å²) < 4.78 is 13.3. The zero-order valence-electron chi connectivity index (χ0n) is 13.2. The van der Waals surface area contributed by atoms with Crippen LogP contribution >= 0.6 is 0 Å². The number of carbonyl (C=O) groups excluding carboxylic acids is 1. The number of benzene rings is 1. The van der Waals surface area contributed by atoms with Crippen LogP contribution in [-0.4, -0.2) is 5.78 Å². The molecule has 0 N–H and O–H groups in total. The highest BCUT2D eigenvalue weighted by molar-refractivity contribution is 6.02. The van der Waals surface area contributed by atoms with E-state index in [1.165, 1.54) is 6.07 Å². The highest BCUT2D eigenvalue weighted by Crippen LogP contribution is 2.25. The van der Waals surface area contributed by atoms with Crippen molar-refractivity contribution in [2.24, 2.45) is 5.41 Å². The molecule has 0 heterocycles. The number of aryl methyl sites for hydroxylation is 1. The quantitative estimate of drug-likeness (QED) is 0.665. The van der Waals surface area contributed by atoms with Gasteiger partial charge < -0.3 is 0 Å². The average molecular weight is 276 g/mol. The van der Waals surface area contributed by atoms with Gasteiger partial charge in [0.2, 0.25) is 0 Å². The molecule has 0 aliphatic rings. The summed E-state index contributed by atoms with van der Waals surface area (Å²) in [5.74, 6) is -0.0349. The van der Waals surface area contributed by atoms with E-state index in [1.54, 1.807) is 19.1 Å². The molecule has 1 aromatic carbocycles. The molecule has 20 heavy (non-hydrogen) atoms. The van der Waals surface area contributed by atoms with E-state index in [1.807, 2.05) is 26.8 Å². The van der Waals surface area contributed by atoms with Gasteiger partial charge in [-0.2, -0.15) is 0 Å². The van der Waals surface area contributed by atoms with Gasteiger partial charge in [-0.3, -0.25) is 4.79 Å². The van der Waals surface area contributed by atoms with Gasteiger partial charge in [-0.25, -0.2) is 4.39 Å². The van der Waals surface area contributed by atoms with Crippen LogP contribution in [0.3, 0.4) is 0 Å². The Balaban J connectivity index is 3.12. The topological polar surface area (TPSA) is 17.1 Å². The second-order valence-corrected chi connectivity index (χ2v) is 6.36. The zero-order valence-corrected chi connectivity index (χ0v) is 13.2. The molecule has 0 unspecified atom stereocenters. The van der Waals surface area contributed by atoms with Crippen LogP contribution in [0.25, 0.3) is 6.08 Å². The largest absolute Gasteiger partial charge is 0.294 e. The van der Waals surface area contributed by atoms with E-state index in [0.717, 1.165) is 30.4 Å². The lowest BCUT2D eigenvalue weighted by atomic mass is 9.84. The Kier molecular flexibility index (Phi) is 5.67. The molecule has 2 heteroatoms.